The SMILES string of the molecule is COc1ccc(/C=C/C(CS)NCCNC(/C=C/c2ccc(OC)cc2)CS)cc1. The number of nitrogens with one attached hydrogen (secondary N) is 2. The summed E-state index contributed by atoms with van der Waals surface area (Å²) < 4.78 is 10.4. The number of thiol groups is 2. The molecule has 0 aliphatic heterocycles. The van der Waals surface area contributed by atoms with Crippen LogP contribution in [0.4, 0.5) is 0 Å². The molecule has 0 saturated carbocycles. The van der Waals surface area contributed by atoms with Gasteiger partial charge in [-0.2, -0.15) is 25.3 Å². The van der Waals surface area contributed by atoms with Crippen LogP contribution in [0.3, 0.4) is 0 Å². The van der Waals surface area contributed by atoms with Crippen LogP contribution in [-0.4, -0.2) is 50.9 Å². The minimum absolute atomic E-state index is 0.210. The van der Waals surface area contributed by atoms with E-state index in [1.54, 1.807) is 14.2 Å². The summed E-state index contributed by atoms with van der Waals surface area (Å²) in [6.45, 7) is 1.69. The van der Waals surface area contributed by atoms with Crippen LogP contribution in [0.5, 0.6) is 11.5 Å². The van der Waals surface area contributed by atoms with Gasteiger partial charge in [-0.3, -0.25) is 0 Å². The smallest absolute Gasteiger partial charge is 0.118 e. The van der Waals surface area contributed by atoms with Gasteiger partial charge >= 0.3 is 0 Å². The molecule has 0 fully saturated rings. The average molecular weight is 445 g/mol. The summed E-state index contributed by atoms with van der Waals surface area (Å²) in [5, 5.41) is 7.03. The van der Waals surface area contributed by atoms with Gasteiger partial charge in [-0.15, -0.1) is 0 Å². The van der Waals surface area contributed by atoms with Crippen molar-refractivity contribution in [1.82, 2.24) is 10.6 Å². The highest BCUT2D eigenvalue weighted by Gasteiger charge is 2.04. The predicted octanol–water partition coefficient (Wildman–Crippen LogP) is 4.21. The lowest BCUT2D eigenvalue weighted by molar-refractivity contribution is 0.414. The molecule has 2 atom stereocenters. The van der Waals surface area contributed by atoms with Crippen LogP contribution in [-0.2, 0) is 0 Å². The summed E-state index contributed by atoms with van der Waals surface area (Å²) in [6.07, 6.45) is 8.51. The summed E-state index contributed by atoms with van der Waals surface area (Å²) in [7, 11) is 3.35. The highest BCUT2D eigenvalue weighted by atomic mass is 32.1. The fraction of sp³-hybridized carbons (Fsp3) is 0.333. The zero-order chi connectivity index (χ0) is 21.6. The molecule has 0 heterocycles. The third-order valence-corrected chi connectivity index (χ3v) is 5.39. The molecule has 4 nitrogen and oxygen atoms in total. The van der Waals surface area contributed by atoms with Gasteiger partial charge in [-0.1, -0.05) is 48.6 Å². The van der Waals surface area contributed by atoms with E-state index in [1.807, 2.05) is 48.5 Å². The third kappa shape index (κ3) is 8.88. The Morgan fingerprint density at radius 2 is 1.07 bits per heavy atom. The van der Waals surface area contributed by atoms with Crippen molar-refractivity contribution in [2.45, 2.75) is 12.1 Å². The van der Waals surface area contributed by atoms with Crippen LogP contribution in [0.1, 0.15) is 11.1 Å². The van der Waals surface area contributed by atoms with Crippen LogP contribution < -0.4 is 20.1 Å². The molecule has 2 unspecified atom stereocenters. The van der Waals surface area contributed by atoms with E-state index in [9.17, 15) is 0 Å². The van der Waals surface area contributed by atoms with Gasteiger partial charge in [-0.05, 0) is 35.4 Å². The summed E-state index contributed by atoms with van der Waals surface area (Å²) in [6, 6.07) is 16.4. The van der Waals surface area contributed by atoms with Crippen molar-refractivity contribution in [2.24, 2.45) is 0 Å². The minimum atomic E-state index is 0.210. The maximum atomic E-state index is 5.19. The van der Waals surface area contributed by atoms with E-state index in [-0.39, 0.29) is 12.1 Å². The monoisotopic (exact) mass is 444 g/mol. The Bertz CT molecular complexity index is 709. The molecular weight excluding hydrogens is 412 g/mol. The molecular formula is C24H32N2O2S2. The van der Waals surface area contributed by atoms with Crippen molar-refractivity contribution in [1.29, 1.82) is 0 Å². The van der Waals surface area contributed by atoms with Crippen molar-refractivity contribution >= 4 is 37.4 Å². The van der Waals surface area contributed by atoms with Gasteiger partial charge in [0.1, 0.15) is 11.5 Å². The summed E-state index contributed by atoms with van der Waals surface area (Å²) in [4.78, 5) is 0. The highest BCUT2D eigenvalue weighted by molar-refractivity contribution is 7.80. The number of methoxy groups -OCH3 is 2. The van der Waals surface area contributed by atoms with Gasteiger partial charge in [0.2, 0.25) is 0 Å². The van der Waals surface area contributed by atoms with Gasteiger partial charge in [0, 0.05) is 36.7 Å². The molecule has 2 N–H and O–H groups in total. The topological polar surface area (TPSA) is 42.5 Å². The lowest BCUT2D eigenvalue weighted by Crippen LogP contribution is -2.38. The maximum absolute atomic E-state index is 5.19. The van der Waals surface area contributed by atoms with Crippen LogP contribution in [0.15, 0.2) is 60.7 Å². The Balaban J connectivity index is 1.74. The van der Waals surface area contributed by atoms with Gasteiger partial charge < -0.3 is 20.1 Å². The Morgan fingerprint density at radius 3 is 1.37 bits per heavy atom. The second kappa shape index (κ2) is 14.2. The first-order valence-electron chi connectivity index (χ1n) is 10.0. The molecule has 0 aliphatic carbocycles. The van der Waals surface area contributed by atoms with E-state index < -0.39 is 0 Å². The molecule has 6 heteroatoms. The molecule has 0 aromatic heterocycles. The van der Waals surface area contributed by atoms with Crippen molar-refractivity contribution < 1.29 is 9.47 Å². The summed E-state index contributed by atoms with van der Waals surface area (Å²) in [5.41, 5.74) is 2.28. The number of hydrogen-bond acceptors (Lipinski definition) is 6. The standard InChI is InChI=1S/C24H32N2O2S2/c1-27-23-11-5-19(6-12-23)3-9-21(17-29)25-15-16-26-22(18-30)10-4-20-7-13-24(28-2)14-8-20/h3-14,21-22,25-26,29-30H,15-18H2,1-2H3/b9-3+,10-4+. The zero-order valence-corrected chi connectivity index (χ0v) is 19.4. The lowest BCUT2D eigenvalue weighted by Gasteiger charge is -2.16. The zero-order valence-electron chi connectivity index (χ0n) is 17.6. The van der Waals surface area contributed by atoms with E-state index >= 15 is 0 Å². The van der Waals surface area contributed by atoms with Crippen molar-refractivity contribution in [3.8, 4) is 11.5 Å². The Hall–Kier alpha value is -1.86. The third-order valence-electron chi connectivity index (χ3n) is 4.61. The first kappa shape index (κ1) is 24.4. The lowest BCUT2D eigenvalue weighted by atomic mass is 10.1. The Labute approximate surface area is 191 Å². The van der Waals surface area contributed by atoms with Crippen molar-refractivity contribution in [3.63, 3.8) is 0 Å². The molecule has 0 aliphatic rings. The molecule has 0 radical (unpaired) electrons. The number of benzene rings is 2. The van der Waals surface area contributed by atoms with E-state index in [0.29, 0.717) is 0 Å². The first-order chi connectivity index (χ1) is 14.7. The highest BCUT2D eigenvalue weighted by Crippen LogP contribution is 2.13. The second-order valence-electron chi connectivity index (χ2n) is 6.75. The quantitative estimate of drug-likeness (QED) is 0.276. The fourth-order valence-corrected chi connectivity index (χ4v) is 3.29. The van der Waals surface area contributed by atoms with Crippen molar-refractivity contribution in [3.05, 3.63) is 71.8 Å². The van der Waals surface area contributed by atoms with Gasteiger partial charge in [0.05, 0.1) is 14.2 Å². The summed E-state index contributed by atoms with van der Waals surface area (Å²) >= 11 is 8.91. The number of ether oxygens (including phenoxy) is 2. The molecule has 2 rings (SSSR count). The van der Waals surface area contributed by atoms with Gasteiger partial charge in [-0.25, -0.2) is 0 Å². The van der Waals surface area contributed by atoms with E-state index in [2.05, 4.69) is 60.2 Å². The number of rotatable bonds is 13. The summed E-state index contributed by atoms with van der Waals surface area (Å²) in [5.74, 6) is 3.20. The second-order valence-corrected chi connectivity index (χ2v) is 7.48. The fourth-order valence-electron chi connectivity index (χ4n) is 2.79. The molecule has 0 bridgehead atoms. The predicted molar refractivity (Wildman–Crippen MR) is 135 cm³/mol. The van der Waals surface area contributed by atoms with Crippen molar-refractivity contribution in [2.75, 3.05) is 38.8 Å². The van der Waals surface area contributed by atoms with Crippen LogP contribution in [0, 0.1) is 0 Å². The largest absolute Gasteiger partial charge is 0.497 e. The van der Waals surface area contributed by atoms with Gasteiger partial charge in [0.15, 0.2) is 0 Å². The molecule has 2 aromatic carbocycles. The molecule has 0 saturated heterocycles. The normalized spacial score (nSPS) is 13.6. The van der Waals surface area contributed by atoms with Gasteiger partial charge in [0.25, 0.3) is 0 Å². The molecule has 0 spiro atoms. The maximum Gasteiger partial charge on any atom is 0.118 e. The molecule has 162 valence electrons. The number of hydrogen-bond donors (Lipinski definition) is 4. The molecule has 30 heavy (non-hydrogen) atoms. The average Bonchev–Trinajstić information content (AvgIpc) is 2.81. The van der Waals surface area contributed by atoms with Crippen LogP contribution in [0.25, 0.3) is 12.2 Å². The first-order valence-corrected chi connectivity index (χ1v) is 11.3. The van der Waals surface area contributed by atoms with E-state index in [4.69, 9.17) is 9.47 Å². The Morgan fingerprint density at radius 1 is 0.700 bits per heavy atom. The molecule has 2 aromatic rings. The molecule has 0 amide bonds. The Kier molecular flexibility index (Phi) is 11.6. The van der Waals surface area contributed by atoms with Crippen LogP contribution in [0.2, 0.25) is 0 Å². The van der Waals surface area contributed by atoms with E-state index in [1.165, 1.54) is 0 Å². The van der Waals surface area contributed by atoms with Crippen LogP contribution >= 0.6 is 25.3 Å². The minimum Gasteiger partial charge on any atom is -0.497 e. The van der Waals surface area contributed by atoms with E-state index in [0.717, 1.165) is 47.2 Å².